The zero-order valence-corrected chi connectivity index (χ0v) is 14.4. The molecule has 0 aromatic heterocycles. The van der Waals surface area contributed by atoms with Gasteiger partial charge >= 0.3 is 0 Å². The van der Waals surface area contributed by atoms with Gasteiger partial charge < -0.3 is 10.2 Å². The second-order valence-electron chi connectivity index (χ2n) is 5.14. The minimum absolute atomic E-state index is 0.865. The lowest BCUT2D eigenvalue weighted by molar-refractivity contribution is 0.772. The number of benzene rings is 2. The van der Waals surface area contributed by atoms with Crippen LogP contribution in [0.15, 0.2) is 53.0 Å². The van der Waals surface area contributed by atoms with E-state index >= 15 is 0 Å². The van der Waals surface area contributed by atoms with E-state index in [0.717, 1.165) is 17.6 Å². The molecule has 0 amide bonds. The van der Waals surface area contributed by atoms with Crippen molar-refractivity contribution in [2.45, 2.75) is 26.3 Å². The summed E-state index contributed by atoms with van der Waals surface area (Å²) in [5.41, 5.74) is 3.85. The fourth-order valence-electron chi connectivity index (χ4n) is 2.46. The lowest BCUT2D eigenvalue weighted by atomic mass is 10.1. The minimum atomic E-state index is 0.865. The highest BCUT2D eigenvalue weighted by Gasteiger charge is 2.13. The zero-order valence-electron chi connectivity index (χ0n) is 12.8. The molecule has 21 heavy (non-hydrogen) atoms. The molecule has 0 fully saturated rings. The number of nitrogens with one attached hydrogen (secondary N) is 1. The fraction of sp³-hybridized carbons (Fsp3) is 0.333. The van der Waals surface area contributed by atoms with Gasteiger partial charge in [-0.1, -0.05) is 47.5 Å². The monoisotopic (exact) mass is 346 g/mol. The Labute approximate surface area is 136 Å². The summed E-state index contributed by atoms with van der Waals surface area (Å²) in [6.07, 6.45) is 2.38. The molecule has 0 saturated carbocycles. The number of hydrogen-bond donors (Lipinski definition) is 1. The molecule has 2 rings (SSSR count). The number of nitrogens with zero attached hydrogens (tertiary/aromatic N) is 1. The van der Waals surface area contributed by atoms with Crippen LogP contribution in [0.2, 0.25) is 0 Å². The highest BCUT2D eigenvalue weighted by atomic mass is 79.9. The lowest BCUT2D eigenvalue weighted by Crippen LogP contribution is -2.21. The van der Waals surface area contributed by atoms with Gasteiger partial charge in [0.15, 0.2) is 0 Å². The highest BCUT2D eigenvalue weighted by molar-refractivity contribution is 9.10. The highest BCUT2D eigenvalue weighted by Crippen LogP contribution is 2.31. The molecule has 2 nitrogen and oxygen atoms in total. The summed E-state index contributed by atoms with van der Waals surface area (Å²) in [4.78, 5) is 2.42. The van der Waals surface area contributed by atoms with Crippen LogP contribution in [0.3, 0.4) is 0 Å². The van der Waals surface area contributed by atoms with E-state index in [1.165, 1.54) is 29.8 Å². The van der Waals surface area contributed by atoms with Gasteiger partial charge in [-0.15, -0.1) is 0 Å². The molecule has 0 aliphatic heterocycles. The molecule has 0 aliphatic carbocycles. The Bertz CT molecular complexity index is 554. The topological polar surface area (TPSA) is 15.3 Å². The summed E-state index contributed by atoms with van der Waals surface area (Å²) < 4.78 is 1.13. The first-order chi connectivity index (χ1) is 10.3. The smallest absolute Gasteiger partial charge is 0.0457 e. The van der Waals surface area contributed by atoms with Crippen molar-refractivity contribution in [3.05, 3.63) is 58.6 Å². The van der Waals surface area contributed by atoms with Crippen molar-refractivity contribution in [1.82, 2.24) is 5.32 Å². The third-order valence-electron chi connectivity index (χ3n) is 3.50. The van der Waals surface area contributed by atoms with E-state index in [1.807, 2.05) is 7.05 Å². The average Bonchev–Trinajstić information content (AvgIpc) is 2.51. The normalized spacial score (nSPS) is 10.6. The molecule has 0 heterocycles. The Balaban J connectivity index is 2.41. The molecule has 2 aromatic rings. The molecule has 0 aliphatic rings. The van der Waals surface area contributed by atoms with Gasteiger partial charge in [-0.25, -0.2) is 0 Å². The summed E-state index contributed by atoms with van der Waals surface area (Å²) in [5, 5.41) is 3.27. The molecule has 0 bridgehead atoms. The molecule has 0 saturated heterocycles. The first-order valence-corrected chi connectivity index (χ1v) is 8.31. The molecule has 0 unspecified atom stereocenters. The molecule has 1 N–H and O–H groups in total. The maximum atomic E-state index is 3.58. The fourth-order valence-corrected chi connectivity index (χ4v) is 2.87. The van der Waals surface area contributed by atoms with E-state index in [0.29, 0.717) is 0 Å². The number of hydrogen-bond acceptors (Lipinski definition) is 2. The van der Waals surface area contributed by atoms with Crippen molar-refractivity contribution in [2.24, 2.45) is 0 Å². The number of rotatable bonds is 7. The van der Waals surface area contributed by atoms with Crippen molar-refractivity contribution in [3.63, 3.8) is 0 Å². The third kappa shape index (κ3) is 4.32. The van der Waals surface area contributed by atoms with Crippen LogP contribution < -0.4 is 10.2 Å². The van der Waals surface area contributed by atoms with E-state index < -0.39 is 0 Å². The molecule has 0 radical (unpaired) electrons. The summed E-state index contributed by atoms with van der Waals surface area (Å²) in [6, 6.07) is 17.2. The Hall–Kier alpha value is -1.32. The van der Waals surface area contributed by atoms with E-state index in [2.05, 4.69) is 81.6 Å². The third-order valence-corrected chi connectivity index (χ3v) is 4.00. The van der Waals surface area contributed by atoms with Crippen LogP contribution in [0.1, 0.15) is 25.3 Å². The second kappa shape index (κ2) is 8.20. The van der Waals surface area contributed by atoms with Gasteiger partial charge in [-0.05, 0) is 49.4 Å². The van der Waals surface area contributed by atoms with Crippen LogP contribution in [-0.4, -0.2) is 13.6 Å². The van der Waals surface area contributed by atoms with Gasteiger partial charge in [-0.2, -0.15) is 0 Å². The van der Waals surface area contributed by atoms with Gasteiger partial charge in [0.2, 0.25) is 0 Å². The Morgan fingerprint density at radius 2 is 1.86 bits per heavy atom. The lowest BCUT2D eigenvalue weighted by Gasteiger charge is -2.27. The Morgan fingerprint density at radius 3 is 2.52 bits per heavy atom. The quantitative estimate of drug-likeness (QED) is 0.749. The number of halogens is 1. The maximum absolute atomic E-state index is 3.58. The summed E-state index contributed by atoms with van der Waals surface area (Å²) in [5.74, 6) is 0. The Kier molecular flexibility index (Phi) is 6.27. The predicted molar refractivity (Wildman–Crippen MR) is 95.3 cm³/mol. The van der Waals surface area contributed by atoms with Gasteiger partial charge in [0.05, 0.1) is 0 Å². The van der Waals surface area contributed by atoms with Gasteiger partial charge in [-0.3, -0.25) is 0 Å². The maximum Gasteiger partial charge on any atom is 0.0457 e. The summed E-state index contributed by atoms with van der Waals surface area (Å²) >= 11 is 3.58. The molecule has 112 valence electrons. The van der Waals surface area contributed by atoms with Crippen LogP contribution >= 0.6 is 15.9 Å². The number of anilines is 2. The van der Waals surface area contributed by atoms with Crippen LogP contribution in [-0.2, 0) is 6.54 Å². The number of para-hydroxylation sites is 1. The van der Waals surface area contributed by atoms with E-state index in [4.69, 9.17) is 0 Å². The molecule has 0 atom stereocenters. The van der Waals surface area contributed by atoms with Crippen LogP contribution in [0.5, 0.6) is 0 Å². The van der Waals surface area contributed by atoms with E-state index in [1.54, 1.807) is 0 Å². The molecule has 3 heteroatoms. The van der Waals surface area contributed by atoms with Gasteiger partial charge in [0.25, 0.3) is 0 Å². The SMILES string of the molecule is CCCCN(c1ccccc1)c1ccc(Br)cc1CNC. The van der Waals surface area contributed by atoms with Gasteiger partial charge in [0.1, 0.15) is 0 Å². The van der Waals surface area contributed by atoms with Crippen molar-refractivity contribution >= 4 is 27.3 Å². The van der Waals surface area contributed by atoms with E-state index in [9.17, 15) is 0 Å². The van der Waals surface area contributed by atoms with E-state index in [-0.39, 0.29) is 0 Å². The van der Waals surface area contributed by atoms with Crippen LogP contribution in [0.4, 0.5) is 11.4 Å². The van der Waals surface area contributed by atoms with Crippen molar-refractivity contribution in [2.75, 3.05) is 18.5 Å². The second-order valence-corrected chi connectivity index (χ2v) is 6.06. The predicted octanol–water partition coefficient (Wildman–Crippen LogP) is 5.11. The van der Waals surface area contributed by atoms with Crippen molar-refractivity contribution in [3.8, 4) is 0 Å². The summed E-state index contributed by atoms with van der Waals surface area (Å²) in [7, 11) is 1.99. The zero-order chi connectivity index (χ0) is 15.1. The average molecular weight is 347 g/mol. The molecule has 0 spiro atoms. The van der Waals surface area contributed by atoms with Crippen LogP contribution in [0.25, 0.3) is 0 Å². The van der Waals surface area contributed by atoms with Crippen molar-refractivity contribution < 1.29 is 0 Å². The minimum Gasteiger partial charge on any atom is -0.341 e. The van der Waals surface area contributed by atoms with Crippen LogP contribution in [0, 0.1) is 0 Å². The first kappa shape index (κ1) is 16.1. The summed E-state index contributed by atoms with van der Waals surface area (Å²) in [6.45, 7) is 4.14. The largest absolute Gasteiger partial charge is 0.341 e. The Morgan fingerprint density at radius 1 is 1.10 bits per heavy atom. The molecular weight excluding hydrogens is 324 g/mol. The first-order valence-electron chi connectivity index (χ1n) is 7.52. The molecular formula is C18H23BrN2. The number of unbranched alkanes of at least 4 members (excludes halogenated alkanes) is 1. The van der Waals surface area contributed by atoms with Gasteiger partial charge in [0, 0.05) is 28.9 Å². The van der Waals surface area contributed by atoms with Crippen molar-refractivity contribution in [1.29, 1.82) is 0 Å². The standard InChI is InChI=1S/C18H23BrN2/c1-3-4-12-21(17-8-6-5-7-9-17)18-11-10-16(19)13-15(18)14-20-2/h5-11,13,20H,3-4,12,14H2,1-2H3. The molecule has 2 aromatic carbocycles.